The second kappa shape index (κ2) is 15.8. The Hall–Kier alpha value is -7.74. The monoisotopic (exact) mass is 902 g/mol. The molecule has 0 saturated heterocycles. The van der Waals surface area contributed by atoms with Gasteiger partial charge in [-0.2, -0.15) is 0 Å². The quantitative estimate of drug-likeness (QED) is 0.167. The van der Waals surface area contributed by atoms with Crippen LogP contribution in [0.5, 0.6) is 0 Å². The zero-order valence-electron chi connectivity index (χ0n) is 36.0. The lowest BCUT2D eigenvalue weighted by Gasteiger charge is -2.33. The lowest BCUT2D eigenvalue weighted by Crippen LogP contribution is -2.19. The summed E-state index contributed by atoms with van der Waals surface area (Å²) in [6.45, 7) is 4.34. The van der Waals surface area contributed by atoms with E-state index in [9.17, 15) is 0 Å². The maximum Gasteiger partial charge on any atom is 0.114 e. The van der Waals surface area contributed by atoms with Crippen LogP contribution >= 0.6 is 15.9 Å². The van der Waals surface area contributed by atoms with E-state index in [1.54, 1.807) is 0 Å². The minimum atomic E-state index is 0.872. The molecule has 2 aliphatic heterocycles. The molecule has 312 valence electrons. The molecule has 2 aromatic heterocycles. The number of hydrogen-bond donors (Lipinski definition) is 0. The third-order valence-electron chi connectivity index (χ3n) is 12.8. The number of nitrogens with zero attached hydrogens (tertiary/aromatic N) is 6. The van der Waals surface area contributed by atoms with Crippen LogP contribution in [0.1, 0.15) is 25.5 Å². The van der Waals surface area contributed by atoms with Gasteiger partial charge >= 0.3 is 0 Å². The number of hydrogen-bond acceptors (Lipinski definition) is 4. The number of rotatable bonds is 6. The molecule has 0 spiro atoms. The predicted octanol–water partition coefficient (Wildman–Crippen LogP) is 16.0. The van der Waals surface area contributed by atoms with Gasteiger partial charge in [-0.25, -0.2) is 9.97 Å². The summed E-state index contributed by atoms with van der Waals surface area (Å²) in [5, 5.41) is 2.53. The third kappa shape index (κ3) is 6.45. The standard InChI is InChI=1S/C37H27N3.C21H16BrN3/c1-2-36-38-32-13-8-14-34-37(32)40(36)33-22-21-30(24-35(33)39(34)31-11-4-3-5-12-31)27-17-15-26(16-18-27)29-20-19-25-9-6-7-10-28(25)23-29;1-2-20-23-16-9-6-10-18-21(16)25(20)17-12-11-14(22)13-19(17)24(18)15-7-4-3-5-8-15/h3-24H,2H2,1H3;3-13H,2H2,1H3. The van der Waals surface area contributed by atoms with Gasteiger partial charge in [-0.15, -0.1) is 0 Å². The van der Waals surface area contributed by atoms with Crippen molar-refractivity contribution in [3.63, 3.8) is 0 Å². The Labute approximate surface area is 386 Å². The van der Waals surface area contributed by atoms with Gasteiger partial charge in [0.1, 0.15) is 11.6 Å². The number of fused-ring (bicyclic) bond motifs is 5. The number of benzene rings is 9. The molecule has 0 atom stereocenters. The van der Waals surface area contributed by atoms with E-state index in [2.05, 4.69) is 249 Å². The van der Waals surface area contributed by atoms with E-state index in [1.807, 2.05) is 0 Å². The number of halogens is 1. The summed E-state index contributed by atoms with van der Waals surface area (Å²) in [5.74, 6) is 2.18. The lowest BCUT2D eigenvalue weighted by molar-refractivity contribution is 0.900. The van der Waals surface area contributed by atoms with Crippen LogP contribution in [-0.4, -0.2) is 19.1 Å². The average Bonchev–Trinajstić information content (AvgIpc) is 3.95. The van der Waals surface area contributed by atoms with Gasteiger partial charge in [0.05, 0.1) is 56.2 Å². The molecule has 6 nitrogen and oxygen atoms in total. The maximum absolute atomic E-state index is 5.00. The predicted molar refractivity (Wildman–Crippen MR) is 273 cm³/mol. The molecule has 4 heterocycles. The normalized spacial score (nSPS) is 12.3. The molecule has 11 aromatic rings. The van der Waals surface area contributed by atoms with Gasteiger partial charge in [0.25, 0.3) is 0 Å². The SMILES string of the molecule is CCc1nc2cccc3c2n1-c1ccc(-c2ccc(-c4ccc5ccccc5c4)cc2)cc1N3c1ccccc1.CCc1nc2cccc3c2n1-c1ccc(Br)cc1N3c1ccccc1. The number of aryl methyl sites for hydroxylation is 2. The number of imidazole rings is 2. The Bertz CT molecular complexity index is 3590. The molecule has 0 amide bonds. The van der Waals surface area contributed by atoms with Crippen molar-refractivity contribution in [2.24, 2.45) is 0 Å². The highest BCUT2D eigenvalue weighted by Gasteiger charge is 2.30. The van der Waals surface area contributed by atoms with Gasteiger partial charge in [0.2, 0.25) is 0 Å². The number of anilines is 6. The molecule has 0 fully saturated rings. The van der Waals surface area contributed by atoms with Gasteiger partial charge < -0.3 is 9.80 Å². The molecule has 7 heteroatoms. The van der Waals surface area contributed by atoms with Crippen LogP contribution in [-0.2, 0) is 12.8 Å². The van der Waals surface area contributed by atoms with Crippen LogP contribution in [0, 0.1) is 0 Å². The molecule has 0 aliphatic carbocycles. The molecule has 13 rings (SSSR count). The zero-order chi connectivity index (χ0) is 43.6. The highest BCUT2D eigenvalue weighted by atomic mass is 79.9. The first-order valence-corrected chi connectivity index (χ1v) is 23.1. The number of aromatic nitrogens is 4. The van der Waals surface area contributed by atoms with Crippen molar-refractivity contribution in [3.8, 4) is 33.6 Å². The van der Waals surface area contributed by atoms with Crippen molar-refractivity contribution in [1.29, 1.82) is 0 Å². The summed E-state index contributed by atoms with van der Waals surface area (Å²) in [6.07, 6.45) is 1.77. The first-order valence-electron chi connectivity index (χ1n) is 22.3. The highest BCUT2D eigenvalue weighted by molar-refractivity contribution is 9.10. The fourth-order valence-corrected chi connectivity index (χ4v) is 10.1. The summed E-state index contributed by atoms with van der Waals surface area (Å²) in [4.78, 5) is 14.6. The molecule has 65 heavy (non-hydrogen) atoms. The smallest absolute Gasteiger partial charge is 0.114 e. The molecule has 9 aromatic carbocycles. The van der Waals surface area contributed by atoms with Crippen molar-refractivity contribution in [2.45, 2.75) is 26.7 Å². The molecular weight excluding hydrogens is 861 g/mol. The minimum Gasteiger partial charge on any atom is -0.306 e. The minimum absolute atomic E-state index is 0.872. The van der Waals surface area contributed by atoms with Crippen LogP contribution < -0.4 is 9.80 Å². The van der Waals surface area contributed by atoms with E-state index in [1.165, 1.54) is 61.1 Å². The summed E-state index contributed by atoms with van der Waals surface area (Å²) in [6, 6.07) is 71.4. The second-order valence-corrected chi connectivity index (χ2v) is 17.5. The van der Waals surface area contributed by atoms with E-state index in [-0.39, 0.29) is 0 Å². The van der Waals surface area contributed by atoms with Gasteiger partial charge in [-0.1, -0.05) is 145 Å². The van der Waals surface area contributed by atoms with Crippen LogP contribution in [0.3, 0.4) is 0 Å². The van der Waals surface area contributed by atoms with Gasteiger partial charge in [0, 0.05) is 28.7 Å². The molecule has 0 N–H and O–H groups in total. The van der Waals surface area contributed by atoms with Crippen molar-refractivity contribution < 1.29 is 0 Å². The molecule has 2 aliphatic rings. The average molecular weight is 904 g/mol. The summed E-state index contributed by atoms with van der Waals surface area (Å²) >= 11 is 3.64. The van der Waals surface area contributed by atoms with Crippen LogP contribution in [0.15, 0.2) is 205 Å². The van der Waals surface area contributed by atoms with Crippen molar-refractivity contribution in [1.82, 2.24) is 19.1 Å². The first kappa shape index (κ1) is 38.9. The van der Waals surface area contributed by atoms with E-state index >= 15 is 0 Å². The molecule has 0 saturated carbocycles. The fourth-order valence-electron chi connectivity index (χ4n) is 9.80. The molecular formula is C58H43BrN6. The number of para-hydroxylation sites is 4. The zero-order valence-corrected chi connectivity index (χ0v) is 37.6. The fraction of sp³-hybridized carbons (Fsp3) is 0.0690. The Morgan fingerprint density at radius 2 is 0.831 bits per heavy atom. The van der Waals surface area contributed by atoms with E-state index in [0.29, 0.717) is 0 Å². The highest BCUT2D eigenvalue weighted by Crippen LogP contribution is 2.49. The molecule has 0 radical (unpaired) electrons. The van der Waals surface area contributed by atoms with Crippen molar-refractivity contribution >= 4 is 82.9 Å². The Balaban J connectivity index is 0.000000152. The summed E-state index contributed by atoms with van der Waals surface area (Å²) in [5.41, 5.74) is 18.6. The topological polar surface area (TPSA) is 42.1 Å². The lowest BCUT2D eigenvalue weighted by atomic mass is 9.97. The molecule has 0 bridgehead atoms. The van der Waals surface area contributed by atoms with E-state index < -0.39 is 0 Å². The van der Waals surface area contributed by atoms with Crippen LogP contribution in [0.25, 0.3) is 66.5 Å². The summed E-state index contributed by atoms with van der Waals surface area (Å²) in [7, 11) is 0. The van der Waals surface area contributed by atoms with Crippen molar-refractivity contribution in [3.05, 3.63) is 216 Å². The Kier molecular flexibility index (Phi) is 9.46. The van der Waals surface area contributed by atoms with Crippen molar-refractivity contribution in [2.75, 3.05) is 9.80 Å². The van der Waals surface area contributed by atoms with Gasteiger partial charge in [-0.3, -0.25) is 9.13 Å². The van der Waals surface area contributed by atoms with E-state index in [0.717, 1.165) is 68.4 Å². The largest absolute Gasteiger partial charge is 0.306 e. The van der Waals surface area contributed by atoms with E-state index in [4.69, 9.17) is 9.97 Å². The second-order valence-electron chi connectivity index (χ2n) is 16.5. The van der Waals surface area contributed by atoms with Gasteiger partial charge in [-0.05, 0) is 118 Å². The Morgan fingerprint density at radius 1 is 0.369 bits per heavy atom. The molecule has 0 unspecified atom stereocenters. The first-order chi connectivity index (χ1) is 32.1. The summed E-state index contributed by atoms with van der Waals surface area (Å²) < 4.78 is 5.73. The third-order valence-corrected chi connectivity index (χ3v) is 13.3. The van der Waals surface area contributed by atoms with Crippen LogP contribution in [0.4, 0.5) is 34.1 Å². The van der Waals surface area contributed by atoms with Crippen LogP contribution in [0.2, 0.25) is 0 Å². The maximum atomic E-state index is 5.00. The Morgan fingerprint density at radius 3 is 1.38 bits per heavy atom. The van der Waals surface area contributed by atoms with Gasteiger partial charge in [0.15, 0.2) is 0 Å².